The van der Waals surface area contributed by atoms with Gasteiger partial charge in [0, 0.05) is 6.04 Å². The van der Waals surface area contributed by atoms with Gasteiger partial charge in [0.05, 0.1) is 0 Å². The quantitative estimate of drug-likeness (QED) is 0.772. The summed E-state index contributed by atoms with van der Waals surface area (Å²) in [5.74, 6) is 0. The van der Waals surface area contributed by atoms with Crippen LogP contribution in [0.2, 0.25) is 0 Å². The second-order valence-electron chi connectivity index (χ2n) is 5.60. The van der Waals surface area contributed by atoms with Crippen LogP contribution in [-0.2, 0) is 0 Å². The van der Waals surface area contributed by atoms with E-state index in [1.807, 2.05) is 0 Å². The molecule has 19 heavy (non-hydrogen) atoms. The highest BCUT2D eigenvalue weighted by molar-refractivity contribution is 5.30. The molecule has 108 valence electrons. The van der Waals surface area contributed by atoms with Crippen LogP contribution in [0.25, 0.3) is 0 Å². The van der Waals surface area contributed by atoms with Crippen LogP contribution in [0.5, 0.6) is 0 Å². The molecular formula is C17H30N2. The maximum atomic E-state index is 6.34. The first-order valence-electron chi connectivity index (χ1n) is 7.63. The summed E-state index contributed by atoms with van der Waals surface area (Å²) in [7, 11) is 0. The van der Waals surface area contributed by atoms with Gasteiger partial charge >= 0.3 is 0 Å². The highest BCUT2D eigenvalue weighted by Gasteiger charge is 2.09. The zero-order valence-electron chi connectivity index (χ0n) is 13.1. The van der Waals surface area contributed by atoms with Gasteiger partial charge in [-0.1, -0.05) is 49.6 Å². The third kappa shape index (κ3) is 5.75. The van der Waals surface area contributed by atoms with Crippen molar-refractivity contribution in [3.05, 3.63) is 34.9 Å². The van der Waals surface area contributed by atoms with Crippen LogP contribution in [0.3, 0.4) is 0 Å². The predicted octanol–water partition coefficient (Wildman–Crippen LogP) is 3.82. The fourth-order valence-electron chi connectivity index (χ4n) is 2.52. The maximum Gasteiger partial charge on any atom is 0.0307 e. The van der Waals surface area contributed by atoms with Crippen molar-refractivity contribution < 1.29 is 0 Å². The second kappa shape index (κ2) is 8.34. The Morgan fingerprint density at radius 3 is 2.21 bits per heavy atom. The molecule has 0 bridgehead atoms. The molecule has 0 saturated carbocycles. The van der Waals surface area contributed by atoms with Crippen LogP contribution in [0.1, 0.15) is 55.8 Å². The van der Waals surface area contributed by atoms with Crippen molar-refractivity contribution in [2.45, 2.75) is 53.0 Å². The Morgan fingerprint density at radius 1 is 1.05 bits per heavy atom. The summed E-state index contributed by atoms with van der Waals surface area (Å²) in [5.41, 5.74) is 10.2. The summed E-state index contributed by atoms with van der Waals surface area (Å²) >= 11 is 0. The minimum Gasteiger partial charge on any atom is -0.324 e. The van der Waals surface area contributed by atoms with Crippen molar-refractivity contribution in [1.82, 2.24) is 4.90 Å². The largest absolute Gasteiger partial charge is 0.324 e. The molecule has 0 heterocycles. The van der Waals surface area contributed by atoms with Crippen molar-refractivity contribution in [1.29, 1.82) is 0 Å². The molecule has 1 unspecified atom stereocenters. The normalized spacial score (nSPS) is 12.9. The van der Waals surface area contributed by atoms with Crippen LogP contribution >= 0.6 is 0 Å². The molecule has 0 fully saturated rings. The fourth-order valence-corrected chi connectivity index (χ4v) is 2.52. The van der Waals surface area contributed by atoms with Crippen molar-refractivity contribution in [2.24, 2.45) is 5.73 Å². The van der Waals surface area contributed by atoms with Crippen LogP contribution < -0.4 is 5.73 Å². The van der Waals surface area contributed by atoms with Gasteiger partial charge in [0.1, 0.15) is 0 Å². The SMILES string of the molecule is CCCCN(CC)CCC(N)c1cc(C)cc(C)c1. The van der Waals surface area contributed by atoms with Gasteiger partial charge in [-0.3, -0.25) is 0 Å². The molecule has 1 rings (SSSR count). The monoisotopic (exact) mass is 262 g/mol. The summed E-state index contributed by atoms with van der Waals surface area (Å²) in [6.45, 7) is 12.2. The molecule has 0 aliphatic rings. The number of nitrogens with two attached hydrogens (primary N) is 1. The number of unbranched alkanes of at least 4 members (excludes halogenated alkanes) is 1. The summed E-state index contributed by atoms with van der Waals surface area (Å²) in [5, 5.41) is 0. The molecule has 0 saturated heterocycles. The first-order valence-corrected chi connectivity index (χ1v) is 7.63. The first-order chi connectivity index (χ1) is 9.06. The summed E-state index contributed by atoms with van der Waals surface area (Å²) in [6.07, 6.45) is 3.59. The van der Waals surface area contributed by atoms with E-state index in [-0.39, 0.29) is 6.04 Å². The van der Waals surface area contributed by atoms with Gasteiger partial charge < -0.3 is 10.6 Å². The minimum atomic E-state index is 0.161. The van der Waals surface area contributed by atoms with E-state index in [9.17, 15) is 0 Å². The van der Waals surface area contributed by atoms with Crippen LogP contribution in [-0.4, -0.2) is 24.5 Å². The Balaban J connectivity index is 2.51. The number of aryl methyl sites for hydroxylation is 2. The lowest BCUT2D eigenvalue weighted by atomic mass is 9.99. The van der Waals surface area contributed by atoms with E-state index in [2.05, 4.69) is 50.8 Å². The Kier molecular flexibility index (Phi) is 7.11. The van der Waals surface area contributed by atoms with Gasteiger partial charge in [-0.25, -0.2) is 0 Å². The zero-order chi connectivity index (χ0) is 14.3. The van der Waals surface area contributed by atoms with Crippen LogP contribution in [0.15, 0.2) is 18.2 Å². The van der Waals surface area contributed by atoms with Crippen LogP contribution in [0.4, 0.5) is 0 Å². The lowest BCUT2D eigenvalue weighted by Crippen LogP contribution is -2.28. The summed E-state index contributed by atoms with van der Waals surface area (Å²) in [6, 6.07) is 6.81. The van der Waals surface area contributed by atoms with Crippen molar-refractivity contribution in [3.8, 4) is 0 Å². The molecule has 0 aliphatic heterocycles. The highest BCUT2D eigenvalue weighted by atomic mass is 15.1. The molecule has 2 heteroatoms. The minimum absolute atomic E-state index is 0.161. The molecule has 0 aliphatic carbocycles. The van der Waals surface area contributed by atoms with E-state index >= 15 is 0 Å². The van der Waals surface area contributed by atoms with Gasteiger partial charge in [-0.05, 0) is 51.9 Å². The van der Waals surface area contributed by atoms with Gasteiger partial charge in [0.25, 0.3) is 0 Å². The number of nitrogens with zero attached hydrogens (tertiary/aromatic N) is 1. The molecule has 2 nitrogen and oxygen atoms in total. The van der Waals surface area contributed by atoms with Gasteiger partial charge in [-0.2, -0.15) is 0 Å². The topological polar surface area (TPSA) is 29.3 Å². The van der Waals surface area contributed by atoms with Gasteiger partial charge in [0.15, 0.2) is 0 Å². The number of hydrogen-bond acceptors (Lipinski definition) is 2. The average Bonchev–Trinajstić information content (AvgIpc) is 2.37. The van der Waals surface area contributed by atoms with E-state index < -0.39 is 0 Å². The van der Waals surface area contributed by atoms with E-state index in [1.165, 1.54) is 36.1 Å². The Labute approximate surface area is 119 Å². The molecule has 1 aromatic carbocycles. The van der Waals surface area contributed by atoms with Crippen molar-refractivity contribution >= 4 is 0 Å². The zero-order valence-corrected chi connectivity index (χ0v) is 13.1. The second-order valence-corrected chi connectivity index (χ2v) is 5.60. The summed E-state index contributed by atoms with van der Waals surface area (Å²) in [4.78, 5) is 2.51. The van der Waals surface area contributed by atoms with E-state index in [0.717, 1.165) is 19.5 Å². The molecule has 0 aromatic heterocycles. The standard InChI is InChI=1S/C17H30N2/c1-5-7-9-19(6-2)10-8-17(18)16-12-14(3)11-15(4)13-16/h11-13,17H,5-10,18H2,1-4H3. The van der Waals surface area contributed by atoms with E-state index in [0.29, 0.717) is 0 Å². The highest BCUT2D eigenvalue weighted by Crippen LogP contribution is 2.18. The number of benzene rings is 1. The van der Waals surface area contributed by atoms with Gasteiger partial charge in [0.2, 0.25) is 0 Å². The summed E-state index contributed by atoms with van der Waals surface area (Å²) < 4.78 is 0. The molecule has 1 atom stereocenters. The Bertz CT molecular complexity index is 353. The third-order valence-corrected chi connectivity index (χ3v) is 3.70. The Hall–Kier alpha value is -0.860. The smallest absolute Gasteiger partial charge is 0.0307 e. The molecule has 0 amide bonds. The lowest BCUT2D eigenvalue weighted by molar-refractivity contribution is 0.272. The van der Waals surface area contributed by atoms with Crippen molar-refractivity contribution in [3.63, 3.8) is 0 Å². The average molecular weight is 262 g/mol. The molecule has 1 aromatic rings. The molecule has 0 radical (unpaired) electrons. The fraction of sp³-hybridized carbons (Fsp3) is 0.647. The molecule has 2 N–H and O–H groups in total. The van der Waals surface area contributed by atoms with E-state index in [1.54, 1.807) is 0 Å². The van der Waals surface area contributed by atoms with Crippen LogP contribution in [0, 0.1) is 13.8 Å². The maximum absolute atomic E-state index is 6.34. The molecule has 0 spiro atoms. The van der Waals surface area contributed by atoms with Gasteiger partial charge in [-0.15, -0.1) is 0 Å². The number of hydrogen-bond donors (Lipinski definition) is 1. The first kappa shape index (κ1) is 16.2. The Morgan fingerprint density at radius 2 is 1.68 bits per heavy atom. The molecular weight excluding hydrogens is 232 g/mol. The number of rotatable bonds is 8. The third-order valence-electron chi connectivity index (χ3n) is 3.70. The predicted molar refractivity (Wildman–Crippen MR) is 84.5 cm³/mol. The lowest BCUT2D eigenvalue weighted by Gasteiger charge is -2.22. The van der Waals surface area contributed by atoms with Crippen molar-refractivity contribution in [2.75, 3.05) is 19.6 Å². The van der Waals surface area contributed by atoms with E-state index in [4.69, 9.17) is 5.73 Å².